The quantitative estimate of drug-likeness (QED) is 0.450. The third-order valence-electron chi connectivity index (χ3n) is 4.93. The third-order valence-corrected chi connectivity index (χ3v) is 7.38. The molecule has 3 aromatic carbocycles. The maximum Gasteiger partial charge on any atom is 0.243 e. The fraction of sp³-hybridized carbons (Fsp3) is 0.217. The first kappa shape index (κ1) is 23.3. The van der Waals surface area contributed by atoms with Crippen molar-refractivity contribution in [1.82, 2.24) is 4.31 Å². The molecule has 0 bridgehead atoms. The summed E-state index contributed by atoms with van der Waals surface area (Å²) in [5.41, 5.74) is 2.49. The highest BCUT2D eigenvalue weighted by atomic mass is 79.9. The molecule has 8 heteroatoms. The molecule has 1 atom stereocenters. The second kappa shape index (κ2) is 10.3. The Balaban J connectivity index is 1.76. The molecule has 0 unspecified atom stereocenters. The van der Waals surface area contributed by atoms with Gasteiger partial charge in [-0.1, -0.05) is 42.5 Å². The number of nitrogens with one attached hydrogen (secondary N) is 1. The second-order valence-electron chi connectivity index (χ2n) is 7.04. The molecule has 0 radical (unpaired) electrons. The van der Waals surface area contributed by atoms with Crippen LogP contribution in [-0.2, 0) is 16.6 Å². The average Bonchev–Trinajstić information content (AvgIpc) is 2.79. The Morgan fingerprint density at radius 1 is 1.06 bits per heavy atom. The summed E-state index contributed by atoms with van der Waals surface area (Å²) in [6.07, 6.45) is 0. The van der Waals surface area contributed by atoms with Crippen LogP contribution in [0.25, 0.3) is 0 Å². The van der Waals surface area contributed by atoms with Crippen molar-refractivity contribution in [1.29, 1.82) is 0 Å². The van der Waals surface area contributed by atoms with Crippen LogP contribution in [0.2, 0.25) is 0 Å². The number of halogens is 1. The number of aliphatic hydroxyl groups is 1. The fourth-order valence-electron chi connectivity index (χ4n) is 3.13. The van der Waals surface area contributed by atoms with Gasteiger partial charge in [0.05, 0.1) is 24.7 Å². The molecule has 6 nitrogen and oxygen atoms in total. The standard InChI is InChI=1S/C23H25BrN2O4S/c1-26(15-17-8-10-19(30-2)11-9-17)31(28,29)20-12-13-22(21(24)14-20)25-23(16-27)18-6-4-3-5-7-18/h3-14,23,25,27H,15-16H2,1-2H3/t23-/m0/s1. The SMILES string of the molecule is COc1ccc(CN(C)S(=O)(=O)c2ccc(N[C@@H](CO)c3ccccc3)c(Br)c2)cc1. The van der Waals surface area contributed by atoms with E-state index in [1.165, 1.54) is 4.31 Å². The lowest BCUT2D eigenvalue weighted by Gasteiger charge is -2.21. The molecular weight excluding hydrogens is 480 g/mol. The van der Waals surface area contributed by atoms with E-state index >= 15 is 0 Å². The summed E-state index contributed by atoms with van der Waals surface area (Å²) in [6, 6.07) is 21.4. The summed E-state index contributed by atoms with van der Waals surface area (Å²) in [4.78, 5) is 0.182. The summed E-state index contributed by atoms with van der Waals surface area (Å²) >= 11 is 3.46. The molecule has 0 spiro atoms. The van der Waals surface area contributed by atoms with E-state index in [0.29, 0.717) is 10.2 Å². The lowest BCUT2D eigenvalue weighted by atomic mass is 10.1. The Labute approximate surface area is 191 Å². The normalized spacial score (nSPS) is 12.5. The zero-order valence-corrected chi connectivity index (χ0v) is 19.7. The highest BCUT2D eigenvalue weighted by Crippen LogP contribution is 2.30. The molecule has 31 heavy (non-hydrogen) atoms. The van der Waals surface area contributed by atoms with Crippen LogP contribution < -0.4 is 10.1 Å². The van der Waals surface area contributed by atoms with Crippen molar-refractivity contribution in [3.05, 3.63) is 88.4 Å². The van der Waals surface area contributed by atoms with Crippen LogP contribution >= 0.6 is 15.9 Å². The Morgan fingerprint density at radius 3 is 2.32 bits per heavy atom. The molecular formula is C23H25BrN2O4S. The monoisotopic (exact) mass is 504 g/mol. The van der Waals surface area contributed by atoms with Crippen molar-refractivity contribution in [2.45, 2.75) is 17.5 Å². The van der Waals surface area contributed by atoms with E-state index < -0.39 is 10.0 Å². The van der Waals surface area contributed by atoms with Crippen molar-refractivity contribution in [3.8, 4) is 5.75 Å². The van der Waals surface area contributed by atoms with Gasteiger partial charge in [0.25, 0.3) is 0 Å². The minimum absolute atomic E-state index is 0.0961. The lowest BCUT2D eigenvalue weighted by Crippen LogP contribution is -2.26. The first-order valence-electron chi connectivity index (χ1n) is 9.66. The molecule has 0 aliphatic heterocycles. The van der Waals surface area contributed by atoms with E-state index in [2.05, 4.69) is 21.2 Å². The van der Waals surface area contributed by atoms with Crippen molar-refractivity contribution >= 4 is 31.6 Å². The van der Waals surface area contributed by atoms with Crippen LogP contribution in [0.4, 0.5) is 5.69 Å². The molecule has 0 heterocycles. The van der Waals surface area contributed by atoms with Crippen molar-refractivity contribution in [2.24, 2.45) is 0 Å². The van der Waals surface area contributed by atoms with Crippen molar-refractivity contribution < 1.29 is 18.3 Å². The largest absolute Gasteiger partial charge is 0.497 e. The predicted octanol–water partition coefficient (Wildman–Crippen LogP) is 4.42. The summed E-state index contributed by atoms with van der Waals surface area (Å²) in [7, 11) is -0.543. The smallest absolute Gasteiger partial charge is 0.243 e. The van der Waals surface area contributed by atoms with Crippen LogP contribution in [0.5, 0.6) is 5.75 Å². The van der Waals surface area contributed by atoms with Gasteiger partial charge in [-0.3, -0.25) is 0 Å². The van der Waals surface area contributed by atoms with E-state index in [-0.39, 0.29) is 24.1 Å². The number of ether oxygens (including phenoxy) is 1. The van der Waals surface area contributed by atoms with Gasteiger partial charge in [-0.2, -0.15) is 4.31 Å². The Morgan fingerprint density at radius 2 is 1.74 bits per heavy atom. The number of aliphatic hydroxyl groups excluding tert-OH is 1. The predicted molar refractivity (Wildman–Crippen MR) is 126 cm³/mol. The summed E-state index contributed by atoms with van der Waals surface area (Å²) < 4.78 is 33.1. The van der Waals surface area contributed by atoms with Crippen LogP contribution in [0.1, 0.15) is 17.2 Å². The molecule has 3 aromatic rings. The molecule has 0 aromatic heterocycles. The molecule has 0 saturated heterocycles. The number of hydrogen-bond donors (Lipinski definition) is 2. The van der Waals surface area contributed by atoms with Gasteiger partial charge in [0.1, 0.15) is 5.75 Å². The lowest BCUT2D eigenvalue weighted by molar-refractivity contribution is 0.276. The van der Waals surface area contributed by atoms with E-state index in [1.807, 2.05) is 42.5 Å². The highest BCUT2D eigenvalue weighted by molar-refractivity contribution is 9.10. The van der Waals surface area contributed by atoms with E-state index in [0.717, 1.165) is 16.9 Å². The van der Waals surface area contributed by atoms with Crippen LogP contribution in [0.3, 0.4) is 0 Å². The average molecular weight is 505 g/mol. The van der Waals surface area contributed by atoms with Gasteiger partial charge in [0, 0.05) is 23.8 Å². The van der Waals surface area contributed by atoms with Crippen molar-refractivity contribution in [2.75, 3.05) is 26.1 Å². The molecule has 0 amide bonds. The Kier molecular flexibility index (Phi) is 7.72. The molecule has 0 aliphatic rings. The number of sulfonamides is 1. The van der Waals surface area contributed by atoms with Crippen LogP contribution in [-0.4, -0.2) is 38.6 Å². The highest BCUT2D eigenvalue weighted by Gasteiger charge is 2.22. The van der Waals surface area contributed by atoms with E-state index in [9.17, 15) is 13.5 Å². The number of rotatable bonds is 9. The molecule has 0 aliphatic carbocycles. The third kappa shape index (κ3) is 5.65. The number of hydrogen-bond acceptors (Lipinski definition) is 5. The van der Waals surface area contributed by atoms with Crippen molar-refractivity contribution in [3.63, 3.8) is 0 Å². The van der Waals surface area contributed by atoms with E-state index in [4.69, 9.17) is 4.74 Å². The van der Waals surface area contributed by atoms with Gasteiger partial charge in [0.15, 0.2) is 0 Å². The number of benzene rings is 3. The zero-order valence-electron chi connectivity index (χ0n) is 17.3. The van der Waals surface area contributed by atoms with E-state index in [1.54, 1.807) is 44.5 Å². The fourth-order valence-corrected chi connectivity index (χ4v) is 4.96. The number of methoxy groups -OCH3 is 1. The Hall–Kier alpha value is -2.39. The first-order chi connectivity index (χ1) is 14.8. The van der Waals surface area contributed by atoms with Gasteiger partial charge >= 0.3 is 0 Å². The van der Waals surface area contributed by atoms with Gasteiger partial charge in [-0.25, -0.2) is 8.42 Å². The molecule has 2 N–H and O–H groups in total. The minimum Gasteiger partial charge on any atom is -0.497 e. The van der Waals surface area contributed by atoms with Gasteiger partial charge in [-0.05, 0) is 57.4 Å². The topological polar surface area (TPSA) is 78.9 Å². The van der Waals surface area contributed by atoms with Gasteiger partial charge < -0.3 is 15.2 Å². The number of nitrogens with zero attached hydrogens (tertiary/aromatic N) is 1. The molecule has 164 valence electrons. The van der Waals surface area contributed by atoms with Gasteiger partial charge in [0.2, 0.25) is 10.0 Å². The number of anilines is 1. The Bertz CT molecular complexity index is 1110. The second-order valence-corrected chi connectivity index (χ2v) is 9.94. The summed E-state index contributed by atoms with van der Waals surface area (Å²) in [5, 5.41) is 13.0. The maximum atomic E-state index is 13.0. The molecule has 0 saturated carbocycles. The minimum atomic E-state index is -3.68. The van der Waals surface area contributed by atoms with Crippen LogP contribution in [0.15, 0.2) is 82.2 Å². The summed E-state index contributed by atoms with van der Waals surface area (Å²) in [6.45, 7) is 0.144. The van der Waals surface area contributed by atoms with Crippen LogP contribution in [0, 0.1) is 0 Å². The maximum absolute atomic E-state index is 13.0. The molecule has 3 rings (SSSR count). The zero-order chi connectivity index (χ0) is 22.4. The molecule has 0 fully saturated rings. The van der Waals surface area contributed by atoms with Gasteiger partial charge in [-0.15, -0.1) is 0 Å². The summed E-state index contributed by atoms with van der Waals surface area (Å²) in [5.74, 6) is 0.720. The first-order valence-corrected chi connectivity index (χ1v) is 11.9.